The number of carbonyl (C=O) groups is 2. The first-order chi connectivity index (χ1) is 10.9. The van der Waals surface area contributed by atoms with E-state index in [2.05, 4.69) is 26.1 Å². The molecule has 0 unspecified atom stereocenters. The molecule has 0 aliphatic heterocycles. The maximum atomic E-state index is 11.9. The molecular weight excluding hydrogens is 310 g/mol. The highest BCUT2D eigenvalue weighted by molar-refractivity contribution is 7.11. The van der Waals surface area contributed by atoms with Crippen LogP contribution in [-0.4, -0.2) is 24.5 Å². The minimum atomic E-state index is -0.427. The molecule has 5 heteroatoms. The first kappa shape index (κ1) is 18.0. The lowest BCUT2D eigenvalue weighted by atomic mass is 9.69. The van der Waals surface area contributed by atoms with Gasteiger partial charge in [0.1, 0.15) is 4.88 Å². The third kappa shape index (κ3) is 5.06. The Morgan fingerprint density at radius 1 is 1.30 bits per heavy atom. The van der Waals surface area contributed by atoms with Crippen LogP contribution < -0.4 is 5.32 Å². The number of hydrogen-bond acceptors (Lipinski definition) is 4. The number of amides is 1. The fourth-order valence-corrected chi connectivity index (χ4v) is 3.79. The van der Waals surface area contributed by atoms with Crippen LogP contribution in [0.25, 0.3) is 0 Å². The molecule has 1 saturated carbocycles. The quantitative estimate of drug-likeness (QED) is 0.798. The summed E-state index contributed by atoms with van der Waals surface area (Å²) in [6.07, 6.45) is 5.52. The van der Waals surface area contributed by atoms with Gasteiger partial charge < -0.3 is 10.1 Å². The predicted molar refractivity (Wildman–Crippen MR) is 92.6 cm³/mol. The zero-order valence-electron chi connectivity index (χ0n) is 14.3. The average molecular weight is 337 g/mol. The minimum absolute atomic E-state index is 0.197. The Morgan fingerprint density at radius 2 is 2.00 bits per heavy atom. The molecular formula is C18H27NO3S. The molecule has 1 aliphatic carbocycles. The van der Waals surface area contributed by atoms with E-state index in [4.69, 9.17) is 4.74 Å². The van der Waals surface area contributed by atoms with Gasteiger partial charge in [-0.15, -0.1) is 11.3 Å². The van der Waals surface area contributed by atoms with E-state index < -0.39 is 5.97 Å². The first-order valence-electron chi connectivity index (χ1n) is 8.42. The topological polar surface area (TPSA) is 55.4 Å². The van der Waals surface area contributed by atoms with Crippen molar-refractivity contribution in [3.63, 3.8) is 0 Å². The highest BCUT2D eigenvalue weighted by Gasteiger charge is 2.32. The molecule has 1 amide bonds. The van der Waals surface area contributed by atoms with E-state index >= 15 is 0 Å². The van der Waals surface area contributed by atoms with Gasteiger partial charge in [0.2, 0.25) is 0 Å². The summed E-state index contributed by atoms with van der Waals surface area (Å²) in [5.41, 5.74) is 0.380. The van der Waals surface area contributed by atoms with E-state index in [1.807, 2.05) is 5.38 Å². The van der Waals surface area contributed by atoms with Gasteiger partial charge in [0.15, 0.2) is 6.61 Å². The maximum absolute atomic E-state index is 11.9. The van der Waals surface area contributed by atoms with Gasteiger partial charge in [0.25, 0.3) is 5.91 Å². The molecule has 128 valence electrons. The second-order valence-corrected chi connectivity index (χ2v) is 7.96. The molecule has 23 heavy (non-hydrogen) atoms. The zero-order valence-corrected chi connectivity index (χ0v) is 15.1. The number of nitrogens with one attached hydrogen (secondary N) is 1. The lowest BCUT2D eigenvalue weighted by molar-refractivity contribution is -0.125. The Bertz CT molecular complexity index is 516. The summed E-state index contributed by atoms with van der Waals surface area (Å²) in [5.74, 6) is 0.106. The average Bonchev–Trinajstić information content (AvgIpc) is 3.07. The van der Waals surface area contributed by atoms with Crippen molar-refractivity contribution in [1.82, 2.24) is 5.32 Å². The van der Waals surface area contributed by atoms with Crippen molar-refractivity contribution in [2.24, 2.45) is 11.3 Å². The minimum Gasteiger partial charge on any atom is -0.451 e. The molecule has 1 N–H and O–H groups in total. The molecule has 1 aliphatic rings. The van der Waals surface area contributed by atoms with Crippen molar-refractivity contribution < 1.29 is 14.3 Å². The number of rotatable bonds is 6. The van der Waals surface area contributed by atoms with Crippen molar-refractivity contribution in [3.05, 3.63) is 22.4 Å². The Morgan fingerprint density at radius 3 is 2.57 bits per heavy atom. The molecule has 4 nitrogen and oxygen atoms in total. The monoisotopic (exact) mass is 337 g/mol. The summed E-state index contributed by atoms with van der Waals surface area (Å²) in [6, 6.07) is 3.70. The van der Waals surface area contributed by atoms with Crippen LogP contribution >= 0.6 is 11.3 Å². The van der Waals surface area contributed by atoms with Crippen molar-refractivity contribution in [2.75, 3.05) is 6.61 Å². The van der Waals surface area contributed by atoms with Crippen LogP contribution in [0.5, 0.6) is 0 Å². The normalized spacial score (nSPS) is 21.7. The maximum Gasteiger partial charge on any atom is 0.348 e. The van der Waals surface area contributed by atoms with Crippen LogP contribution in [0.1, 0.15) is 62.5 Å². The number of esters is 1. The van der Waals surface area contributed by atoms with Crippen molar-refractivity contribution in [3.8, 4) is 0 Å². The van der Waals surface area contributed by atoms with Gasteiger partial charge in [-0.3, -0.25) is 4.79 Å². The van der Waals surface area contributed by atoms with Crippen LogP contribution in [0.15, 0.2) is 17.5 Å². The molecule has 1 aromatic rings. The molecule has 0 spiro atoms. The Kier molecular flexibility index (Phi) is 6.22. The van der Waals surface area contributed by atoms with Crippen LogP contribution in [0.2, 0.25) is 0 Å². The van der Waals surface area contributed by atoms with Crippen LogP contribution in [0, 0.1) is 11.3 Å². The van der Waals surface area contributed by atoms with E-state index in [1.54, 1.807) is 12.1 Å². The smallest absolute Gasteiger partial charge is 0.348 e. The Balaban J connectivity index is 1.70. The summed E-state index contributed by atoms with van der Waals surface area (Å²) in [4.78, 5) is 24.2. The summed E-state index contributed by atoms with van der Waals surface area (Å²) in [5, 5.41) is 4.81. The number of carbonyl (C=O) groups excluding carboxylic acids is 2. The third-order valence-electron chi connectivity index (χ3n) is 5.17. The number of hydrogen-bond donors (Lipinski definition) is 1. The highest BCUT2D eigenvalue weighted by atomic mass is 32.1. The second-order valence-electron chi connectivity index (χ2n) is 7.01. The summed E-state index contributed by atoms with van der Waals surface area (Å²) in [6.45, 7) is 6.72. The van der Waals surface area contributed by atoms with E-state index in [9.17, 15) is 9.59 Å². The first-order valence-corrected chi connectivity index (χ1v) is 9.30. The van der Waals surface area contributed by atoms with Gasteiger partial charge in [-0.25, -0.2) is 4.79 Å². The Labute approximate surface area is 142 Å². The largest absolute Gasteiger partial charge is 0.451 e. The number of thiophene rings is 1. The van der Waals surface area contributed by atoms with Crippen LogP contribution in [-0.2, 0) is 9.53 Å². The van der Waals surface area contributed by atoms with Gasteiger partial charge in [0, 0.05) is 6.04 Å². The summed E-state index contributed by atoms with van der Waals surface area (Å²) >= 11 is 1.32. The molecule has 0 saturated heterocycles. The van der Waals surface area contributed by atoms with Gasteiger partial charge in [-0.1, -0.05) is 33.3 Å². The van der Waals surface area contributed by atoms with Crippen molar-refractivity contribution in [1.29, 1.82) is 0 Å². The fraction of sp³-hybridized carbons (Fsp3) is 0.667. The zero-order chi connectivity index (χ0) is 16.9. The van der Waals surface area contributed by atoms with Gasteiger partial charge in [0.05, 0.1) is 0 Å². The highest BCUT2D eigenvalue weighted by Crippen LogP contribution is 2.40. The van der Waals surface area contributed by atoms with E-state index in [-0.39, 0.29) is 18.6 Å². The summed E-state index contributed by atoms with van der Waals surface area (Å²) in [7, 11) is 0. The fourth-order valence-electron chi connectivity index (χ4n) is 3.17. The van der Waals surface area contributed by atoms with E-state index in [1.165, 1.54) is 17.8 Å². The van der Waals surface area contributed by atoms with E-state index in [0.29, 0.717) is 10.3 Å². The molecule has 0 atom stereocenters. The van der Waals surface area contributed by atoms with Gasteiger partial charge in [-0.2, -0.15) is 0 Å². The van der Waals surface area contributed by atoms with Gasteiger partial charge in [-0.05, 0) is 48.5 Å². The molecule has 0 radical (unpaired) electrons. The van der Waals surface area contributed by atoms with Crippen LogP contribution in [0.4, 0.5) is 0 Å². The SMILES string of the molecule is CCC(C)(C)C1CCC(NC(=O)COC(=O)c2cccs2)CC1. The lowest BCUT2D eigenvalue weighted by Gasteiger charge is -2.39. The van der Waals surface area contributed by atoms with Crippen LogP contribution in [0.3, 0.4) is 0 Å². The molecule has 0 aromatic carbocycles. The summed E-state index contributed by atoms with van der Waals surface area (Å²) < 4.78 is 5.04. The predicted octanol–water partition coefficient (Wildman–Crippen LogP) is 4.02. The molecule has 2 rings (SSSR count). The molecule has 1 fully saturated rings. The second kappa shape index (κ2) is 7.95. The van der Waals surface area contributed by atoms with Gasteiger partial charge >= 0.3 is 5.97 Å². The van der Waals surface area contributed by atoms with Crippen molar-refractivity contribution in [2.45, 2.75) is 58.9 Å². The standard InChI is InChI=1S/C18H27NO3S/c1-4-18(2,3)13-7-9-14(10-8-13)19-16(20)12-22-17(21)15-6-5-11-23-15/h5-6,11,13-14H,4,7-10,12H2,1-3H3,(H,19,20). The number of ether oxygens (including phenoxy) is 1. The molecule has 1 aromatic heterocycles. The third-order valence-corrected chi connectivity index (χ3v) is 6.02. The lowest BCUT2D eigenvalue weighted by Crippen LogP contribution is -2.41. The van der Waals surface area contributed by atoms with E-state index in [0.717, 1.165) is 31.6 Å². The Hall–Kier alpha value is -1.36. The van der Waals surface area contributed by atoms with Crippen molar-refractivity contribution >= 4 is 23.2 Å². The molecule has 0 bridgehead atoms. The molecule has 1 heterocycles.